The molecule has 3 rings (SSSR count). The van der Waals surface area contributed by atoms with Crippen molar-refractivity contribution >= 4 is 5.96 Å². The monoisotopic (exact) mass is 211 g/mol. The van der Waals surface area contributed by atoms with Crippen LogP contribution < -0.4 is 11.5 Å². The molecule has 1 aliphatic carbocycles. The molecule has 16 heavy (non-hydrogen) atoms. The molecule has 5 N–H and O–H groups in total. The third-order valence-electron chi connectivity index (χ3n) is 2.43. The second-order valence-corrected chi connectivity index (χ2v) is 3.55. The van der Waals surface area contributed by atoms with Crippen LogP contribution in [0.25, 0.3) is 22.3 Å². The normalized spacial score (nSPS) is 10.0. The Morgan fingerprint density at radius 3 is 1.06 bits per heavy atom. The van der Waals surface area contributed by atoms with Crippen LogP contribution in [-0.2, 0) is 0 Å². The number of hydrogen-bond acceptors (Lipinski definition) is 1. The molecule has 0 saturated heterocycles. The summed E-state index contributed by atoms with van der Waals surface area (Å²) >= 11 is 0. The zero-order valence-corrected chi connectivity index (χ0v) is 8.77. The van der Waals surface area contributed by atoms with Gasteiger partial charge < -0.3 is 11.5 Å². The van der Waals surface area contributed by atoms with E-state index in [9.17, 15) is 0 Å². The van der Waals surface area contributed by atoms with Gasteiger partial charge in [0.25, 0.3) is 0 Å². The minimum atomic E-state index is -0.333. The standard InChI is InChI=1S/C12H8.CH5N3/c1-2-6-10-9(5-1)11-7-3-4-8-12(10)11;2-1(3)4/h1-8H;(H5,2,3,4). The zero-order valence-electron chi connectivity index (χ0n) is 8.77. The van der Waals surface area contributed by atoms with Gasteiger partial charge in [0, 0.05) is 0 Å². The summed E-state index contributed by atoms with van der Waals surface area (Å²) in [6.07, 6.45) is 0. The topological polar surface area (TPSA) is 75.9 Å². The van der Waals surface area contributed by atoms with Crippen LogP contribution in [0.1, 0.15) is 0 Å². The lowest BCUT2D eigenvalue weighted by Gasteiger charge is -2.22. The van der Waals surface area contributed by atoms with Crippen molar-refractivity contribution in [1.82, 2.24) is 0 Å². The first-order valence-corrected chi connectivity index (χ1v) is 4.98. The molecule has 0 atom stereocenters. The number of hydrogen-bond donors (Lipinski definition) is 3. The van der Waals surface area contributed by atoms with Gasteiger partial charge in [-0.1, -0.05) is 48.5 Å². The van der Waals surface area contributed by atoms with Crippen LogP contribution >= 0.6 is 0 Å². The molecule has 3 heteroatoms. The highest BCUT2D eigenvalue weighted by atomic mass is 14.9. The van der Waals surface area contributed by atoms with Crippen molar-refractivity contribution in [3.8, 4) is 22.3 Å². The van der Waals surface area contributed by atoms with Crippen molar-refractivity contribution in [2.75, 3.05) is 0 Å². The lowest BCUT2D eigenvalue weighted by Crippen LogP contribution is -2.20. The zero-order chi connectivity index (χ0) is 11.5. The number of nitrogens with one attached hydrogen (secondary N) is 1. The third kappa shape index (κ3) is 1.75. The van der Waals surface area contributed by atoms with Crippen molar-refractivity contribution in [1.29, 1.82) is 5.41 Å². The predicted octanol–water partition coefficient (Wildman–Crippen LogP) is 2.17. The second kappa shape index (κ2) is 4.06. The van der Waals surface area contributed by atoms with E-state index in [4.69, 9.17) is 5.41 Å². The highest BCUT2D eigenvalue weighted by Crippen LogP contribution is 2.46. The molecule has 3 nitrogen and oxygen atoms in total. The molecule has 0 amide bonds. The summed E-state index contributed by atoms with van der Waals surface area (Å²) in [7, 11) is 0. The smallest absolute Gasteiger partial charge is 0.183 e. The molecule has 1 aliphatic rings. The molecule has 0 radical (unpaired) electrons. The van der Waals surface area contributed by atoms with Gasteiger partial charge in [-0.05, 0) is 22.3 Å². The van der Waals surface area contributed by atoms with E-state index >= 15 is 0 Å². The van der Waals surface area contributed by atoms with Gasteiger partial charge in [-0.15, -0.1) is 0 Å². The fourth-order valence-electron chi connectivity index (χ4n) is 1.84. The highest BCUT2D eigenvalue weighted by Gasteiger charge is 2.19. The summed E-state index contributed by atoms with van der Waals surface area (Å²) in [6, 6.07) is 17.1. The van der Waals surface area contributed by atoms with Crippen LogP contribution in [-0.4, -0.2) is 5.96 Å². The average molecular weight is 211 g/mol. The van der Waals surface area contributed by atoms with Crippen molar-refractivity contribution in [3.63, 3.8) is 0 Å². The number of fused-ring (bicyclic) bond motifs is 4. The highest BCUT2D eigenvalue weighted by molar-refractivity contribution is 6.02. The molecule has 2 aromatic rings. The minimum Gasteiger partial charge on any atom is -0.370 e. The van der Waals surface area contributed by atoms with E-state index in [-0.39, 0.29) is 5.96 Å². The Hall–Kier alpha value is -2.29. The van der Waals surface area contributed by atoms with Gasteiger partial charge in [0.2, 0.25) is 0 Å². The van der Waals surface area contributed by atoms with E-state index in [0.717, 1.165) is 0 Å². The molecule has 0 heterocycles. The molecule has 2 aromatic carbocycles. The molecule has 0 saturated carbocycles. The lowest BCUT2D eigenvalue weighted by atomic mass is 9.81. The maximum atomic E-state index is 6.06. The predicted molar refractivity (Wildman–Crippen MR) is 67.0 cm³/mol. The van der Waals surface area contributed by atoms with Crippen LogP contribution in [0.15, 0.2) is 48.5 Å². The van der Waals surface area contributed by atoms with Gasteiger partial charge in [0.05, 0.1) is 0 Å². The van der Waals surface area contributed by atoms with Crippen LogP contribution in [0.2, 0.25) is 0 Å². The van der Waals surface area contributed by atoms with Gasteiger partial charge in [-0.3, -0.25) is 5.41 Å². The fourth-order valence-corrected chi connectivity index (χ4v) is 1.84. The molecular weight excluding hydrogens is 198 g/mol. The van der Waals surface area contributed by atoms with Gasteiger partial charge in [0.1, 0.15) is 0 Å². The Bertz CT molecular complexity index is 428. The second-order valence-electron chi connectivity index (χ2n) is 3.55. The van der Waals surface area contributed by atoms with Crippen molar-refractivity contribution in [2.45, 2.75) is 0 Å². The van der Waals surface area contributed by atoms with Crippen LogP contribution in [0.4, 0.5) is 0 Å². The summed E-state index contributed by atoms with van der Waals surface area (Å²) in [5, 5.41) is 6.06. The summed E-state index contributed by atoms with van der Waals surface area (Å²) in [5.41, 5.74) is 14.5. The Kier molecular flexibility index (Phi) is 2.60. The van der Waals surface area contributed by atoms with Crippen molar-refractivity contribution < 1.29 is 0 Å². The van der Waals surface area contributed by atoms with E-state index in [1.165, 1.54) is 22.3 Å². The van der Waals surface area contributed by atoms with Gasteiger partial charge in [0.15, 0.2) is 5.96 Å². The number of guanidine groups is 1. The lowest BCUT2D eigenvalue weighted by molar-refractivity contribution is 1.39. The Morgan fingerprint density at radius 2 is 0.875 bits per heavy atom. The largest absolute Gasteiger partial charge is 0.370 e. The van der Waals surface area contributed by atoms with E-state index in [2.05, 4.69) is 60.0 Å². The fraction of sp³-hybridized carbons (Fsp3) is 0. The van der Waals surface area contributed by atoms with Crippen molar-refractivity contribution in [3.05, 3.63) is 48.5 Å². The van der Waals surface area contributed by atoms with Crippen molar-refractivity contribution in [2.24, 2.45) is 11.5 Å². The molecule has 0 aliphatic heterocycles. The Morgan fingerprint density at radius 1 is 0.688 bits per heavy atom. The summed E-state index contributed by atoms with van der Waals surface area (Å²) in [4.78, 5) is 0. The third-order valence-corrected chi connectivity index (χ3v) is 2.43. The quantitative estimate of drug-likeness (QED) is 0.393. The number of benzene rings is 2. The minimum absolute atomic E-state index is 0.333. The van der Waals surface area contributed by atoms with E-state index in [1.807, 2.05) is 0 Å². The summed E-state index contributed by atoms with van der Waals surface area (Å²) in [6.45, 7) is 0. The number of rotatable bonds is 0. The molecule has 0 unspecified atom stereocenters. The SMILES string of the molecule is N=C(N)N.c1ccc2c(c1)-c1ccccc1-2. The Labute approximate surface area is 94.2 Å². The van der Waals surface area contributed by atoms with Crippen LogP contribution in [0.3, 0.4) is 0 Å². The van der Waals surface area contributed by atoms with E-state index in [0.29, 0.717) is 0 Å². The van der Waals surface area contributed by atoms with Crippen LogP contribution in [0, 0.1) is 5.41 Å². The van der Waals surface area contributed by atoms with Crippen LogP contribution in [0.5, 0.6) is 0 Å². The van der Waals surface area contributed by atoms with Gasteiger partial charge in [-0.2, -0.15) is 0 Å². The molecular formula is C13H13N3. The van der Waals surface area contributed by atoms with E-state index < -0.39 is 0 Å². The van der Waals surface area contributed by atoms with Gasteiger partial charge in [-0.25, -0.2) is 0 Å². The molecule has 80 valence electrons. The van der Waals surface area contributed by atoms with Gasteiger partial charge >= 0.3 is 0 Å². The molecule has 0 aromatic heterocycles. The molecule has 0 fully saturated rings. The maximum absolute atomic E-state index is 6.06. The average Bonchev–Trinajstić information content (AvgIpc) is 2.25. The maximum Gasteiger partial charge on any atom is 0.183 e. The number of nitrogens with two attached hydrogens (primary N) is 2. The first-order chi connectivity index (χ1) is 7.70. The first kappa shape index (κ1) is 10.2. The Balaban J connectivity index is 0.000000212. The first-order valence-electron chi connectivity index (χ1n) is 4.98. The summed E-state index contributed by atoms with van der Waals surface area (Å²) in [5.74, 6) is -0.333. The van der Waals surface area contributed by atoms with E-state index in [1.54, 1.807) is 0 Å². The molecule has 0 bridgehead atoms. The summed E-state index contributed by atoms with van der Waals surface area (Å²) < 4.78 is 0. The molecule has 0 spiro atoms.